The average molecular weight is 431 g/mol. The Morgan fingerprint density at radius 3 is 2.55 bits per heavy atom. The molecule has 0 bridgehead atoms. The van der Waals surface area contributed by atoms with Crippen molar-refractivity contribution in [1.29, 1.82) is 0 Å². The van der Waals surface area contributed by atoms with Gasteiger partial charge in [-0.15, -0.1) is 0 Å². The molecule has 8 nitrogen and oxygen atoms in total. The van der Waals surface area contributed by atoms with Gasteiger partial charge in [-0.1, -0.05) is 32.0 Å². The number of nitrogens with one attached hydrogen (secondary N) is 2. The van der Waals surface area contributed by atoms with Crippen LogP contribution >= 0.6 is 0 Å². The summed E-state index contributed by atoms with van der Waals surface area (Å²) in [5, 5.41) is 6.47. The molecule has 2 N–H and O–H groups in total. The minimum Gasteiger partial charge on any atom is -0.374 e. The number of benzene rings is 1. The van der Waals surface area contributed by atoms with Crippen molar-refractivity contribution in [1.82, 2.24) is 20.4 Å². The number of aliphatic imine (C=N–C) groups is 1. The summed E-state index contributed by atoms with van der Waals surface area (Å²) in [6, 6.07) is 10.4. The van der Waals surface area contributed by atoms with Gasteiger partial charge in [-0.25, -0.2) is 0 Å². The van der Waals surface area contributed by atoms with Crippen LogP contribution in [0.3, 0.4) is 0 Å². The molecule has 172 valence electrons. The van der Waals surface area contributed by atoms with E-state index in [1.165, 1.54) is 5.69 Å². The normalized spacial score (nSPS) is 20.8. The zero-order valence-corrected chi connectivity index (χ0v) is 19.2. The molecule has 0 radical (unpaired) electrons. The number of amides is 1. The molecule has 8 heteroatoms. The standard InChI is InChI=1S/C23H38N6O2/c1-19(2)17-27-13-14-31-21(18-27)15-25-23(24-3)26-16-22(30)29-11-9-28(10-12-29)20-7-5-4-6-8-20/h4-8,19,21H,9-18H2,1-3H3,(H2,24,25,26). The molecule has 1 amide bonds. The van der Waals surface area contributed by atoms with Crippen LogP contribution in [0, 0.1) is 5.92 Å². The van der Waals surface area contributed by atoms with Gasteiger partial charge in [-0.05, 0) is 18.1 Å². The van der Waals surface area contributed by atoms with Crippen LogP contribution in [-0.4, -0.2) is 100 Å². The average Bonchev–Trinajstić information content (AvgIpc) is 2.79. The largest absolute Gasteiger partial charge is 0.374 e. The summed E-state index contributed by atoms with van der Waals surface area (Å²) in [6.07, 6.45) is 0.132. The Kier molecular flexibility index (Phi) is 8.97. The van der Waals surface area contributed by atoms with Gasteiger partial charge < -0.3 is 25.2 Å². The molecule has 3 rings (SSSR count). The zero-order chi connectivity index (χ0) is 22.1. The predicted molar refractivity (Wildman–Crippen MR) is 126 cm³/mol. The van der Waals surface area contributed by atoms with E-state index in [0.29, 0.717) is 18.4 Å². The Balaban J connectivity index is 1.36. The van der Waals surface area contributed by atoms with E-state index in [-0.39, 0.29) is 18.6 Å². The molecule has 2 aliphatic rings. The number of morpholine rings is 1. The van der Waals surface area contributed by atoms with Crippen LogP contribution in [-0.2, 0) is 9.53 Å². The highest BCUT2D eigenvalue weighted by atomic mass is 16.5. The number of nitrogens with zero attached hydrogens (tertiary/aromatic N) is 4. The number of rotatable bonds is 7. The molecular weight excluding hydrogens is 392 g/mol. The van der Waals surface area contributed by atoms with Gasteiger partial charge in [0.05, 0.1) is 19.3 Å². The monoisotopic (exact) mass is 430 g/mol. The molecule has 1 atom stereocenters. The van der Waals surface area contributed by atoms with E-state index in [2.05, 4.69) is 63.5 Å². The highest BCUT2D eigenvalue weighted by molar-refractivity contribution is 5.86. The Morgan fingerprint density at radius 2 is 1.87 bits per heavy atom. The Labute approximate surface area is 186 Å². The van der Waals surface area contributed by atoms with Gasteiger partial charge >= 0.3 is 0 Å². The Hall–Kier alpha value is -2.32. The molecule has 0 aliphatic carbocycles. The third-order valence-electron chi connectivity index (χ3n) is 5.73. The third kappa shape index (κ3) is 7.40. The van der Waals surface area contributed by atoms with Gasteiger partial charge in [0, 0.05) is 65.1 Å². The number of para-hydroxylation sites is 1. The van der Waals surface area contributed by atoms with E-state index in [9.17, 15) is 4.79 Å². The molecule has 1 aromatic rings. The minimum absolute atomic E-state index is 0.104. The highest BCUT2D eigenvalue weighted by Gasteiger charge is 2.23. The summed E-state index contributed by atoms with van der Waals surface area (Å²) < 4.78 is 5.89. The van der Waals surface area contributed by atoms with Gasteiger partial charge in [-0.3, -0.25) is 14.7 Å². The molecule has 0 aromatic heterocycles. The van der Waals surface area contributed by atoms with Gasteiger partial charge in [0.2, 0.25) is 5.91 Å². The van der Waals surface area contributed by atoms with Crippen molar-refractivity contribution in [2.24, 2.45) is 10.9 Å². The summed E-state index contributed by atoms with van der Waals surface area (Å²) >= 11 is 0. The lowest BCUT2D eigenvalue weighted by Gasteiger charge is -2.36. The van der Waals surface area contributed by atoms with E-state index in [0.717, 1.165) is 52.4 Å². The summed E-state index contributed by atoms with van der Waals surface area (Å²) in [5.41, 5.74) is 1.22. The van der Waals surface area contributed by atoms with Crippen LogP contribution < -0.4 is 15.5 Å². The Bertz CT molecular complexity index is 703. The van der Waals surface area contributed by atoms with Crippen molar-refractivity contribution < 1.29 is 9.53 Å². The topological polar surface area (TPSA) is 72.4 Å². The van der Waals surface area contributed by atoms with Crippen LogP contribution in [0.4, 0.5) is 5.69 Å². The fourth-order valence-electron chi connectivity index (χ4n) is 4.14. The van der Waals surface area contributed by atoms with Crippen molar-refractivity contribution >= 4 is 17.6 Å². The van der Waals surface area contributed by atoms with Crippen LogP contribution in [0.5, 0.6) is 0 Å². The smallest absolute Gasteiger partial charge is 0.242 e. The molecule has 0 spiro atoms. The number of guanidine groups is 1. The second-order valence-corrected chi connectivity index (χ2v) is 8.66. The lowest BCUT2D eigenvalue weighted by atomic mass is 10.2. The van der Waals surface area contributed by atoms with E-state index >= 15 is 0 Å². The molecule has 2 heterocycles. The summed E-state index contributed by atoms with van der Waals surface area (Å²) in [4.78, 5) is 23.6. The number of ether oxygens (including phenoxy) is 1. The number of hydrogen-bond donors (Lipinski definition) is 2. The van der Waals surface area contributed by atoms with Crippen LogP contribution in [0.2, 0.25) is 0 Å². The third-order valence-corrected chi connectivity index (χ3v) is 5.73. The second kappa shape index (κ2) is 11.9. The van der Waals surface area contributed by atoms with Crippen molar-refractivity contribution in [3.8, 4) is 0 Å². The molecule has 31 heavy (non-hydrogen) atoms. The molecule has 0 saturated carbocycles. The fourth-order valence-corrected chi connectivity index (χ4v) is 4.14. The number of carbonyl (C=O) groups excluding carboxylic acids is 1. The SMILES string of the molecule is CN=C(NCC(=O)N1CCN(c2ccccc2)CC1)NCC1CN(CC(C)C)CCO1. The first-order chi connectivity index (χ1) is 15.0. The van der Waals surface area contributed by atoms with Gasteiger partial charge in [0.25, 0.3) is 0 Å². The molecule has 1 aromatic carbocycles. The van der Waals surface area contributed by atoms with Crippen LogP contribution in [0.1, 0.15) is 13.8 Å². The Morgan fingerprint density at radius 1 is 1.13 bits per heavy atom. The molecule has 1 unspecified atom stereocenters. The van der Waals surface area contributed by atoms with Crippen LogP contribution in [0.15, 0.2) is 35.3 Å². The molecule has 2 aliphatic heterocycles. The maximum atomic E-state index is 12.6. The van der Waals surface area contributed by atoms with Gasteiger partial charge in [-0.2, -0.15) is 0 Å². The van der Waals surface area contributed by atoms with E-state index in [1.54, 1.807) is 7.05 Å². The molecular formula is C23H38N6O2. The maximum Gasteiger partial charge on any atom is 0.242 e. The van der Waals surface area contributed by atoms with Crippen molar-refractivity contribution in [3.05, 3.63) is 30.3 Å². The van der Waals surface area contributed by atoms with Crippen molar-refractivity contribution in [2.75, 3.05) is 77.5 Å². The van der Waals surface area contributed by atoms with E-state index in [4.69, 9.17) is 4.74 Å². The number of piperazine rings is 1. The summed E-state index contributed by atoms with van der Waals surface area (Å²) in [5.74, 6) is 1.40. The van der Waals surface area contributed by atoms with Crippen molar-refractivity contribution in [2.45, 2.75) is 20.0 Å². The molecule has 2 saturated heterocycles. The van der Waals surface area contributed by atoms with E-state index in [1.807, 2.05) is 11.0 Å². The first-order valence-corrected chi connectivity index (χ1v) is 11.4. The fraction of sp³-hybridized carbons (Fsp3) is 0.652. The summed E-state index contributed by atoms with van der Waals surface area (Å²) in [7, 11) is 1.73. The molecule has 2 fully saturated rings. The predicted octanol–water partition coefficient (Wildman–Crippen LogP) is 0.857. The van der Waals surface area contributed by atoms with Crippen LogP contribution in [0.25, 0.3) is 0 Å². The lowest BCUT2D eigenvalue weighted by Crippen LogP contribution is -2.53. The lowest BCUT2D eigenvalue weighted by molar-refractivity contribution is -0.130. The first kappa shape index (κ1) is 23.3. The van der Waals surface area contributed by atoms with E-state index < -0.39 is 0 Å². The second-order valence-electron chi connectivity index (χ2n) is 8.66. The van der Waals surface area contributed by atoms with Crippen molar-refractivity contribution in [3.63, 3.8) is 0 Å². The first-order valence-electron chi connectivity index (χ1n) is 11.4. The number of hydrogen-bond acceptors (Lipinski definition) is 5. The quantitative estimate of drug-likeness (QED) is 0.494. The zero-order valence-electron chi connectivity index (χ0n) is 19.2. The highest BCUT2D eigenvalue weighted by Crippen LogP contribution is 2.15. The maximum absolute atomic E-state index is 12.6. The summed E-state index contributed by atoms with van der Waals surface area (Å²) in [6.45, 7) is 12.4. The minimum atomic E-state index is 0.104. The van der Waals surface area contributed by atoms with Gasteiger partial charge in [0.1, 0.15) is 0 Å². The number of anilines is 1. The number of carbonyl (C=O) groups is 1. The van der Waals surface area contributed by atoms with Gasteiger partial charge in [0.15, 0.2) is 5.96 Å².